The van der Waals surface area contributed by atoms with Crippen LogP contribution in [0.3, 0.4) is 0 Å². The highest BCUT2D eigenvalue weighted by atomic mass is 35.5. The Bertz CT molecular complexity index is 559. The first kappa shape index (κ1) is 17.7. The Morgan fingerprint density at radius 1 is 1.17 bits per heavy atom. The van der Waals surface area contributed by atoms with Gasteiger partial charge in [0.2, 0.25) is 0 Å². The molecule has 0 bridgehead atoms. The van der Waals surface area contributed by atoms with Gasteiger partial charge in [-0.25, -0.2) is 8.78 Å². The summed E-state index contributed by atoms with van der Waals surface area (Å²) in [7, 11) is 0. The normalized spacial score (nSPS) is 21.3. The molecule has 0 unspecified atom stereocenters. The first-order valence-corrected chi connectivity index (χ1v) is 8.88. The zero-order valence-corrected chi connectivity index (χ0v) is 14.4. The molecule has 7 heteroatoms. The molecule has 1 aromatic carbocycles. The van der Waals surface area contributed by atoms with Crippen molar-refractivity contribution in [3.63, 3.8) is 0 Å². The van der Waals surface area contributed by atoms with Crippen molar-refractivity contribution < 1.29 is 13.5 Å². The molecule has 2 aliphatic rings. The zero-order valence-electron chi connectivity index (χ0n) is 13.6. The van der Waals surface area contributed by atoms with Gasteiger partial charge in [-0.3, -0.25) is 0 Å². The standard InChI is InChI=1S/C17H24ClF2N3O/c18-14-10-16(15(21)9-13(14)17(19)20)22-11-1-5-23(6-2-11)12-3-7-24-8-4-12/h9-12,17,22H,1-8,21H2. The topological polar surface area (TPSA) is 50.5 Å². The van der Waals surface area contributed by atoms with E-state index in [1.54, 1.807) is 0 Å². The van der Waals surface area contributed by atoms with Gasteiger partial charge in [-0.15, -0.1) is 0 Å². The Labute approximate surface area is 146 Å². The molecule has 24 heavy (non-hydrogen) atoms. The maximum atomic E-state index is 12.8. The lowest BCUT2D eigenvalue weighted by Gasteiger charge is -2.39. The quantitative estimate of drug-likeness (QED) is 0.800. The molecule has 3 rings (SSSR count). The van der Waals surface area contributed by atoms with Crippen LogP contribution in [-0.4, -0.2) is 43.3 Å². The van der Waals surface area contributed by atoms with Crippen LogP contribution in [0.5, 0.6) is 0 Å². The average molecular weight is 360 g/mol. The van der Waals surface area contributed by atoms with Crippen molar-refractivity contribution in [2.24, 2.45) is 0 Å². The number of benzene rings is 1. The van der Waals surface area contributed by atoms with Gasteiger partial charge in [-0.2, -0.15) is 0 Å². The average Bonchev–Trinajstić information content (AvgIpc) is 2.59. The van der Waals surface area contributed by atoms with Gasteiger partial charge in [-0.05, 0) is 37.8 Å². The number of nitrogens with one attached hydrogen (secondary N) is 1. The van der Waals surface area contributed by atoms with Crippen LogP contribution in [0.15, 0.2) is 12.1 Å². The first-order valence-electron chi connectivity index (χ1n) is 8.50. The number of anilines is 2. The van der Waals surface area contributed by atoms with Gasteiger partial charge in [0, 0.05) is 44.0 Å². The number of rotatable bonds is 4. The van der Waals surface area contributed by atoms with E-state index in [0.29, 0.717) is 17.4 Å². The summed E-state index contributed by atoms with van der Waals surface area (Å²) in [6.45, 7) is 3.78. The fourth-order valence-corrected chi connectivity index (χ4v) is 3.83. The Morgan fingerprint density at radius 3 is 2.46 bits per heavy atom. The van der Waals surface area contributed by atoms with Gasteiger partial charge in [0.15, 0.2) is 0 Å². The Hall–Kier alpha value is -1.11. The molecule has 3 N–H and O–H groups in total. The van der Waals surface area contributed by atoms with E-state index in [-0.39, 0.29) is 16.6 Å². The number of nitrogen functional groups attached to an aromatic ring is 1. The number of alkyl halides is 2. The number of halogens is 3. The van der Waals surface area contributed by atoms with Crippen molar-refractivity contribution in [3.05, 3.63) is 22.7 Å². The minimum Gasteiger partial charge on any atom is -0.397 e. The van der Waals surface area contributed by atoms with Crippen LogP contribution >= 0.6 is 11.6 Å². The third-order valence-corrected chi connectivity index (χ3v) is 5.33. The SMILES string of the molecule is Nc1cc(C(F)F)c(Cl)cc1NC1CCN(C2CCOCC2)CC1. The predicted octanol–water partition coefficient (Wildman–Crippen LogP) is 3.92. The van der Waals surface area contributed by atoms with Gasteiger partial charge < -0.3 is 20.7 Å². The fourth-order valence-electron chi connectivity index (χ4n) is 3.58. The number of hydrogen-bond acceptors (Lipinski definition) is 4. The summed E-state index contributed by atoms with van der Waals surface area (Å²) in [5, 5.41) is 3.43. The Morgan fingerprint density at radius 2 is 1.83 bits per heavy atom. The van der Waals surface area contributed by atoms with E-state index in [9.17, 15) is 8.78 Å². The highest BCUT2D eigenvalue weighted by molar-refractivity contribution is 6.31. The number of likely N-dealkylation sites (tertiary alicyclic amines) is 1. The number of nitrogens with zero attached hydrogens (tertiary/aromatic N) is 1. The molecule has 134 valence electrons. The second kappa shape index (κ2) is 7.85. The van der Waals surface area contributed by atoms with E-state index >= 15 is 0 Å². The number of piperidine rings is 1. The van der Waals surface area contributed by atoms with Gasteiger partial charge in [-0.1, -0.05) is 11.6 Å². The van der Waals surface area contributed by atoms with E-state index in [0.717, 1.165) is 52.0 Å². The largest absolute Gasteiger partial charge is 0.397 e. The van der Waals surface area contributed by atoms with E-state index in [1.807, 2.05) is 0 Å². The lowest BCUT2D eigenvalue weighted by Crippen LogP contribution is -2.46. The Kier molecular flexibility index (Phi) is 5.79. The molecule has 0 spiro atoms. The van der Waals surface area contributed by atoms with Crippen molar-refractivity contribution >= 4 is 23.0 Å². The van der Waals surface area contributed by atoms with E-state index in [2.05, 4.69) is 10.2 Å². The van der Waals surface area contributed by atoms with E-state index in [4.69, 9.17) is 22.1 Å². The zero-order chi connectivity index (χ0) is 17.1. The molecule has 2 aliphatic heterocycles. The van der Waals surface area contributed by atoms with E-state index in [1.165, 1.54) is 12.1 Å². The predicted molar refractivity (Wildman–Crippen MR) is 92.9 cm³/mol. The van der Waals surface area contributed by atoms with Crippen molar-refractivity contribution in [3.8, 4) is 0 Å². The second-order valence-corrected chi connectivity index (χ2v) is 6.97. The van der Waals surface area contributed by atoms with Crippen LogP contribution in [0.25, 0.3) is 0 Å². The van der Waals surface area contributed by atoms with Gasteiger partial charge in [0.05, 0.1) is 16.4 Å². The first-order chi connectivity index (χ1) is 11.5. The molecule has 0 atom stereocenters. The molecule has 4 nitrogen and oxygen atoms in total. The molecular weight excluding hydrogens is 336 g/mol. The molecular formula is C17H24ClF2N3O. The van der Waals surface area contributed by atoms with Gasteiger partial charge in [0.1, 0.15) is 0 Å². The molecule has 0 aromatic heterocycles. The molecule has 0 aliphatic carbocycles. The molecule has 1 aromatic rings. The summed E-state index contributed by atoms with van der Waals surface area (Å²) in [4.78, 5) is 2.54. The van der Waals surface area contributed by atoms with Crippen LogP contribution < -0.4 is 11.1 Å². The van der Waals surface area contributed by atoms with Crippen molar-refractivity contribution in [2.45, 2.75) is 44.2 Å². The summed E-state index contributed by atoms with van der Waals surface area (Å²) in [5.41, 5.74) is 6.66. The molecule has 0 saturated carbocycles. The third kappa shape index (κ3) is 4.10. The summed E-state index contributed by atoms with van der Waals surface area (Å²) >= 11 is 5.94. The fraction of sp³-hybridized carbons (Fsp3) is 0.647. The minimum atomic E-state index is -2.61. The summed E-state index contributed by atoms with van der Waals surface area (Å²) < 4.78 is 31.1. The summed E-state index contributed by atoms with van der Waals surface area (Å²) in [6.07, 6.45) is 1.61. The molecule has 2 saturated heterocycles. The van der Waals surface area contributed by atoms with Crippen LogP contribution in [-0.2, 0) is 4.74 Å². The third-order valence-electron chi connectivity index (χ3n) is 5.00. The monoisotopic (exact) mass is 359 g/mol. The van der Waals surface area contributed by atoms with Crippen LogP contribution in [0.2, 0.25) is 5.02 Å². The lowest BCUT2D eigenvalue weighted by atomic mass is 9.99. The van der Waals surface area contributed by atoms with Crippen molar-refractivity contribution in [2.75, 3.05) is 37.4 Å². The number of nitrogens with two attached hydrogens (primary N) is 1. The minimum absolute atomic E-state index is 0.0568. The second-order valence-electron chi connectivity index (χ2n) is 6.56. The van der Waals surface area contributed by atoms with Gasteiger partial charge in [0.25, 0.3) is 6.43 Å². The van der Waals surface area contributed by atoms with Crippen LogP contribution in [0.1, 0.15) is 37.7 Å². The summed E-state index contributed by atoms with van der Waals surface area (Å²) in [5.74, 6) is 0. The van der Waals surface area contributed by atoms with Crippen LogP contribution in [0, 0.1) is 0 Å². The number of ether oxygens (including phenoxy) is 1. The smallest absolute Gasteiger partial charge is 0.265 e. The Balaban J connectivity index is 1.57. The summed E-state index contributed by atoms with van der Waals surface area (Å²) in [6, 6.07) is 3.71. The maximum Gasteiger partial charge on any atom is 0.265 e. The molecule has 0 amide bonds. The molecule has 2 fully saturated rings. The van der Waals surface area contributed by atoms with E-state index < -0.39 is 6.43 Å². The van der Waals surface area contributed by atoms with Gasteiger partial charge >= 0.3 is 0 Å². The van der Waals surface area contributed by atoms with Crippen LogP contribution in [0.4, 0.5) is 20.2 Å². The molecule has 2 heterocycles. The highest BCUT2D eigenvalue weighted by Gasteiger charge is 2.27. The number of hydrogen-bond donors (Lipinski definition) is 2. The van der Waals surface area contributed by atoms with Crippen molar-refractivity contribution in [1.29, 1.82) is 0 Å². The maximum absolute atomic E-state index is 12.8. The lowest BCUT2D eigenvalue weighted by molar-refractivity contribution is 0.0262. The molecule has 0 radical (unpaired) electrons. The van der Waals surface area contributed by atoms with Crippen molar-refractivity contribution in [1.82, 2.24) is 4.90 Å². The highest BCUT2D eigenvalue weighted by Crippen LogP contribution is 2.34.